The second-order valence-corrected chi connectivity index (χ2v) is 7.11. The van der Waals surface area contributed by atoms with Crippen LogP contribution >= 0.6 is 11.6 Å². The van der Waals surface area contributed by atoms with Crippen LogP contribution in [-0.2, 0) is 19.6 Å². The standard InChI is InChI=1S/C16H12ClF2NO5S/c17-11-6-4-10(5-7-11)14(21)9-25-15(22)8-20-26(23,24)16-12(18)2-1-3-13(16)19/h1-7,20H,8-9H2. The van der Waals surface area contributed by atoms with E-state index in [-0.39, 0.29) is 5.56 Å². The van der Waals surface area contributed by atoms with Crippen LogP contribution in [0, 0.1) is 11.6 Å². The maximum atomic E-state index is 13.5. The number of nitrogens with one attached hydrogen (secondary N) is 1. The van der Waals surface area contributed by atoms with Crippen molar-refractivity contribution in [3.05, 3.63) is 64.7 Å². The quantitative estimate of drug-likeness (QED) is 0.566. The van der Waals surface area contributed by atoms with Gasteiger partial charge >= 0.3 is 5.97 Å². The number of carbonyl (C=O) groups is 2. The van der Waals surface area contributed by atoms with E-state index in [1.165, 1.54) is 24.3 Å². The summed E-state index contributed by atoms with van der Waals surface area (Å²) in [4.78, 5) is 22.2. The number of rotatable bonds is 7. The first-order valence-electron chi connectivity index (χ1n) is 7.09. The Balaban J connectivity index is 1.92. The van der Waals surface area contributed by atoms with E-state index < -0.39 is 51.5 Å². The van der Waals surface area contributed by atoms with Gasteiger partial charge in [0, 0.05) is 10.6 Å². The lowest BCUT2D eigenvalue weighted by molar-refractivity contribution is -0.141. The second-order valence-electron chi connectivity index (χ2n) is 4.97. The van der Waals surface area contributed by atoms with E-state index in [0.29, 0.717) is 5.02 Å². The molecule has 10 heteroatoms. The molecule has 1 N–H and O–H groups in total. The molecular weight excluding hydrogens is 392 g/mol. The third-order valence-electron chi connectivity index (χ3n) is 3.12. The normalized spacial score (nSPS) is 11.2. The van der Waals surface area contributed by atoms with Crippen molar-refractivity contribution in [1.82, 2.24) is 4.72 Å². The van der Waals surface area contributed by atoms with E-state index in [9.17, 15) is 26.8 Å². The highest BCUT2D eigenvalue weighted by Crippen LogP contribution is 2.17. The van der Waals surface area contributed by atoms with Gasteiger partial charge in [0.25, 0.3) is 0 Å². The topological polar surface area (TPSA) is 89.5 Å². The highest BCUT2D eigenvalue weighted by atomic mass is 35.5. The summed E-state index contributed by atoms with van der Waals surface area (Å²) in [5, 5.41) is 0.424. The van der Waals surface area contributed by atoms with Gasteiger partial charge in [0.1, 0.15) is 18.2 Å². The Bertz CT molecular complexity index is 912. The van der Waals surface area contributed by atoms with Crippen LogP contribution < -0.4 is 4.72 Å². The monoisotopic (exact) mass is 403 g/mol. The molecule has 26 heavy (non-hydrogen) atoms. The third kappa shape index (κ3) is 5.07. The average molecular weight is 404 g/mol. The number of sulfonamides is 1. The second kappa shape index (κ2) is 8.35. The van der Waals surface area contributed by atoms with Crippen molar-refractivity contribution in [3.8, 4) is 0 Å². The number of hydrogen-bond acceptors (Lipinski definition) is 5. The number of hydrogen-bond donors (Lipinski definition) is 1. The van der Waals surface area contributed by atoms with Gasteiger partial charge in [-0.3, -0.25) is 9.59 Å². The first-order chi connectivity index (χ1) is 12.2. The van der Waals surface area contributed by atoms with Gasteiger partial charge in [-0.2, -0.15) is 4.72 Å². The summed E-state index contributed by atoms with van der Waals surface area (Å²) in [5.41, 5.74) is 0.246. The smallest absolute Gasteiger partial charge is 0.321 e. The molecule has 0 atom stereocenters. The molecule has 0 amide bonds. The van der Waals surface area contributed by atoms with Gasteiger partial charge < -0.3 is 4.74 Å². The lowest BCUT2D eigenvalue weighted by Gasteiger charge is -2.08. The zero-order valence-electron chi connectivity index (χ0n) is 13.0. The molecular formula is C16H12ClF2NO5S. The minimum atomic E-state index is -4.61. The fourth-order valence-corrected chi connectivity index (χ4v) is 3.11. The average Bonchev–Trinajstić information content (AvgIpc) is 2.58. The van der Waals surface area contributed by atoms with Crippen molar-refractivity contribution >= 4 is 33.4 Å². The van der Waals surface area contributed by atoms with Crippen LogP contribution in [0.3, 0.4) is 0 Å². The number of benzene rings is 2. The van der Waals surface area contributed by atoms with Crippen LogP contribution in [0.2, 0.25) is 5.02 Å². The Labute approximate surface area is 152 Å². The maximum Gasteiger partial charge on any atom is 0.321 e. The van der Waals surface area contributed by atoms with Crippen molar-refractivity contribution in [2.75, 3.05) is 13.2 Å². The molecule has 0 unspecified atom stereocenters. The fraction of sp³-hybridized carbons (Fsp3) is 0.125. The van der Waals surface area contributed by atoms with Gasteiger partial charge in [0.05, 0.1) is 0 Å². The maximum absolute atomic E-state index is 13.5. The van der Waals surface area contributed by atoms with Crippen molar-refractivity contribution in [3.63, 3.8) is 0 Å². The van der Waals surface area contributed by atoms with E-state index in [1.807, 2.05) is 0 Å². The zero-order chi connectivity index (χ0) is 19.3. The van der Waals surface area contributed by atoms with Crippen LogP contribution in [0.15, 0.2) is 47.4 Å². The summed E-state index contributed by atoms with van der Waals surface area (Å²) in [6.07, 6.45) is 0. The third-order valence-corrected chi connectivity index (χ3v) is 4.83. The fourth-order valence-electron chi connectivity index (χ4n) is 1.88. The highest BCUT2D eigenvalue weighted by molar-refractivity contribution is 7.89. The van der Waals surface area contributed by atoms with Gasteiger partial charge in [0.15, 0.2) is 17.3 Å². The largest absolute Gasteiger partial charge is 0.456 e. The summed E-state index contributed by atoms with van der Waals surface area (Å²) in [7, 11) is -4.61. The van der Waals surface area contributed by atoms with Crippen molar-refractivity contribution in [1.29, 1.82) is 0 Å². The Morgan fingerprint density at radius 3 is 2.19 bits per heavy atom. The molecule has 0 fully saturated rings. The molecule has 0 spiro atoms. The lowest BCUT2D eigenvalue weighted by atomic mass is 10.1. The van der Waals surface area contributed by atoms with Gasteiger partial charge in [-0.1, -0.05) is 17.7 Å². The molecule has 0 bridgehead atoms. The van der Waals surface area contributed by atoms with Crippen LogP contribution in [0.1, 0.15) is 10.4 Å². The number of ether oxygens (including phenoxy) is 1. The van der Waals surface area contributed by atoms with Gasteiger partial charge in [-0.05, 0) is 36.4 Å². The van der Waals surface area contributed by atoms with Crippen LogP contribution in [-0.4, -0.2) is 33.3 Å². The number of halogens is 3. The van der Waals surface area contributed by atoms with E-state index in [0.717, 1.165) is 18.2 Å². The Hall–Kier alpha value is -2.36. The van der Waals surface area contributed by atoms with E-state index in [2.05, 4.69) is 4.74 Å². The van der Waals surface area contributed by atoms with Crippen LogP contribution in [0.4, 0.5) is 8.78 Å². The molecule has 0 aliphatic heterocycles. The molecule has 0 saturated carbocycles. The van der Waals surface area contributed by atoms with E-state index >= 15 is 0 Å². The number of Topliss-reactive ketones (excluding diaryl/α,β-unsaturated/α-hetero) is 1. The minimum Gasteiger partial charge on any atom is -0.456 e. The molecule has 2 rings (SSSR count). The summed E-state index contributed by atoms with van der Waals surface area (Å²) in [6, 6.07) is 8.35. The summed E-state index contributed by atoms with van der Waals surface area (Å²) < 4.78 is 57.2. The molecule has 0 saturated heterocycles. The predicted octanol–water partition coefficient (Wildman–Crippen LogP) is 2.32. The Kier molecular flexibility index (Phi) is 6.41. The number of carbonyl (C=O) groups excluding carboxylic acids is 2. The van der Waals surface area contributed by atoms with Gasteiger partial charge in [-0.15, -0.1) is 0 Å². The summed E-state index contributed by atoms with van der Waals surface area (Å²) >= 11 is 5.69. The molecule has 0 aliphatic rings. The molecule has 0 radical (unpaired) electrons. The molecule has 138 valence electrons. The molecule has 2 aromatic rings. The van der Waals surface area contributed by atoms with Crippen molar-refractivity contribution in [2.24, 2.45) is 0 Å². The predicted molar refractivity (Wildman–Crippen MR) is 88.3 cm³/mol. The Morgan fingerprint density at radius 2 is 1.62 bits per heavy atom. The summed E-state index contributed by atoms with van der Waals surface area (Å²) in [6.45, 7) is -1.53. The van der Waals surface area contributed by atoms with Crippen molar-refractivity contribution in [2.45, 2.75) is 4.90 Å². The van der Waals surface area contributed by atoms with Crippen LogP contribution in [0.25, 0.3) is 0 Å². The van der Waals surface area contributed by atoms with E-state index in [1.54, 1.807) is 4.72 Å². The SMILES string of the molecule is O=C(CNS(=O)(=O)c1c(F)cccc1F)OCC(=O)c1ccc(Cl)cc1. The van der Waals surface area contributed by atoms with Gasteiger partial charge in [0.2, 0.25) is 10.0 Å². The lowest BCUT2D eigenvalue weighted by Crippen LogP contribution is -2.32. The molecule has 2 aromatic carbocycles. The zero-order valence-corrected chi connectivity index (χ0v) is 14.6. The summed E-state index contributed by atoms with van der Waals surface area (Å²) in [5.74, 6) is -4.22. The number of ketones is 1. The minimum absolute atomic E-state index is 0.246. The highest BCUT2D eigenvalue weighted by Gasteiger charge is 2.24. The molecule has 6 nitrogen and oxygen atoms in total. The number of esters is 1. The van der Waals surface area contributed by atoms with Crippen LogP contribution in [0.5, 0.6) is 0 Å². The molecule has 0 aromatic heterocycles. The molecule has 0 heterocycles. The van der Waals surface area contributed by atoms with E-state index in [4.69, 9.17) is 11.6 Å². The van der Waals surface area contributed by atoms with Gasteiger partial charge in [-0.25, -0.2) is 17.2 Å². The van der Waals surface area contributed by atoms with Crippen molar-refractivity contribution < 1.29 is 31.5 Å². The Morgan fingerprint density at radius 1 is 1.04 bits per heavy atom. The first kappa shape index (κ1) is 20.0. The first-order valence-corrected chi connectivity index (χ1v) is 8.95. The molecule has 0 aliphatic carbocycles.